The molecule has 198 valence electrons. The zero-order valence-electron chi connectivity index (χ0n) is 21.0. The van der Waals surface area contributed by atoms with Crippen LogP contribution in [0.15, 0.2) is 43.0 Å². The van der Waals surface area contributed by atoms with Gasteiger partial charge in [-0.2, -0.15) is 4.98 Å². The van der Waals surface area contributed by atoms with Crippen molar-refractivity contribution < 1.29 is 14.6 Å². The van der Waals surface area contributed by atoms with E-state index in [9.17, 15) is 9.90 Å². The number of hydrogen-bond acceptors (Lipinski definition) is 9. The van der Waals surface area contributed by atoms with E-state index in [2.05, 4.69) is 36.2 Å². The normalized spacial score (nSPS) is 15.8. The summed E-state index contributed by atoms with van der Waals surface area (Å²) in [6, 6.07) is 7.01. The van der Waals surface area contributed by atoms with E-state index in [0.717, 1.165) is 18.4 Å². The maximum atomic E-state index is 13.2. The summed E-state index contributed by atoms with van der Waals surface area (Å²) in [5.41, 5.74) is -0.288. The first-order valence-corrected chi connectivity index (χ1v) is 12.6. The highest BCUT2D eigenvalue weighted by molar-refractivity contribution is 6.30. The molecule has 1 aliphatic rings. The predicted molar refractivity (Wildman–Crippen MR) is 141 cm³/mol. The molecule has 1 fully saturated rings. The molecule has 3 heterocycles. The van der Waals surface area contributed by atoms with Crippen LogP contribution in [0.1, 0.15) is 34.5 Å². The molecular formula is C25H33ClN8O3. The summed E-state index contributed by atoms with van der Waals surface area (Å²) >= 11 is 6.16. The maximum Gasteiger partial charge on any atom is 0.273 e. The van der Waals surface area contributed by atoms with Crippen LogP contribution >= 0.6 is 11.6 Å². The Hall–Kier alpha value is -3.09. The van der Waals surface area contributed by atoms with Gasteiger partial charge in [-0.25, -0.2) is 9.97 Å². The van der Waals surface area contributed by atoms with Crippen molar-refractivity contribution in [2.45, 2.75) is 31.5 Å². The van der Waals surface area contributed by atoms with Gasteiger partial charge in [-0.15, -0.1) is 0 Å². The molecule has 12 heteroatoms. The largest absolute Gasteiger partial charge is 0.381 e. The average Bonchev–Trinajstić information content (AvgIpc) is 3.39. The van der Waals surface area contributed by atoms with Crippen LogP contribution in [0.5, 0.6) is 0 Å². The summed E-state index contributed by atoms with van der Waals surface area (Å²) in [6.45, 7) is 4.69. The summed E-state index contributed by atoms with van der Waals surface area (Å²) in [6.07, 6.45) is 6.61. The zero-order chi connectivity index (χ0) is 26.3. The van der Waals surface area contributed by atoms with Gasteiger partial charge in [0.25, 0.3) is 5.91 Å². The molecule has 3 aromatic rings. The summed E-state index contributed by atoms with van der Waals surface area (Å²) in [5, 5.41) is 24.2. The van der Waals surface area contributed by atoms with E-state index in [1.165, 1.54) is 6.33 Å². The number of halogens is 1. The second kappa shape index (κ2) is 12.4. The number of hydrogen-bond donors (Lipinski definition) is 5. The lowest BCUT2D eigenvalue weighted by Gasteiger charge is -2.30. The number of likely N-dealkylation sites (N-methyl/N-ethyl adjacent to an activating group) is 1. The number of carbonyl (C=O) groups is 1. The smallest absolute Gasteiger partial charge is 0.273 e. The lowest BCUT2D eigenvalue weighted by Crippen LogP contribution is -2.53. The molecule has 37 heavy (non-hydrogen) atoms. The fraction of sp³-hybridized carbons (Fsp3) is 0.440. The van der Waals surface area contributed by atoms with Crippen molar-refractivity contribution in [2.24, 2.45) is 0 Å². The molecule has 1 saturated heterocycles. The van der Waals surface area contributed by atoms with Crippen molar-refractivity contribution in [1.82, 2.24) is 35.5 Å². The number of aromatic nitrogens is 4. The minimum absolute atomic E-state index is 0.0771. The van der Waals surface area contributed by atoms with Crippen LogP contribution in [-0.4, -0.2) is 76.5 Å². The van der Waals surface area contributed by atoms with Crippen molar-refractivity contribution in [3.8, 4) is 5.82 Å². The monoisotopic (exact) mass is 528 g/mol. The topological polar surface area (TPSA) is 138 Å². The third-order valence-corrected chi connectivity index (χ3v) is 6.35. The summed E-state index contributed by atoms with van der Waals surface area (Å²) in [5.74, 6) is 0.578. The number of amides is 1. The van der Waals surface area contributed by atoms with Gasteiger partial charge in [0.1, 0.15) is 17.8 Å². The van der Waals surface area contributed by atoms with E-state index in [0.29, 0.717) is 48.7 Å². The lowest BCUT2D eigenvalue weighted by atomic mass is 10.0. The summed E-state index contributed by atoms with van der Waals surface area (Å²) in [4.78, 5) is 26.5. The minimum Gasteiger partial charge on any atom is -0.381 e. The van der Waals surface area contributed by atoms with Crippen molar-refractivity contribution in [3.05, 3.63) is 64.8 Å². The molecule has 1 atom stereocenters. The fourth-order valence-electron chi connectivity index (χ4n) is 4.04. The van der Waals surface area contributed by atoms with E-state index < -0.39 is 11.6 Å². The van der Waals surface area contributed by atoms with Crippen LogP contribution in [0.4, 0.5) is 5.95 Å². The number of anilines is 1. The average molecular weight is 529 g/mol. The Morgan fingerprint density at radius 1 is 1.27 bits per heavy atom. The number of nitrogens with one attached hydrogen (secondary N) is 4. The molecule has 4 rings (SSSR count). The zero-order valence-corrected chi connectivity index (χ0v) is 21.8. The number of aliphatic hydroxyl groups is 1. The number of rotatable bonds is 11. The number of aryl methyl sites for hydroxylation is 1. The Labute approximate surface area is 221 Å². The molecule has 1 unspecified atom stereocenters. The molecular weight excluding hydrogens is 496 g/mol. The van der Waals surface area contributed by atoms with Gasteiger partial charge >= 0.3 is 0 Å². The number of imidazole rings is 1. The SMILES string of the molecule is CNCCNCC(O)(NC(=O)c1cn(-c2nc(NC3CCOCC3)ncc2C)cn1)c1cccc(Cl)c1. The molecule has 1 amide bonds. The van der Waals surface area contributed by atoms with Crippen molar-refractivity contribution in [1.29, 1.82) is 0 Å². The van der Waals surface area contributed by atoms with Gasteiger partial charge in [0.2, 0.25) is 5.95 Å². The van der Waals surface area contributed by atoms with E-state index in [1.54, 1.807) is 41.2 Å². The Bertz CT molecular complexity index is 1200. The fourth-order valence-corrected chi connectivity index (χ4v) is 4.23. The van der Waals surface area contributed by atoms with Crippen LogP contribution in [0.2, 0.25) is 5.02 Å². The van der Waals surface area contributed by atoms with Gasteiger partial charge < -0.3 is 31.1 Å². The number of ether oxygens (including phenoxy) is 1. The number of nitrogens with zero attached hydrogens (tertiary/aromatic N) is 4. The third-order valence-electron chi connectivity index (χ3n) is 6.11. The van der Waals surface area contributed by atoms with Crippen molar-refractivity contribution in [2.75, 3.05) is 45.2 Å². The van der Waals surface area contributed by atoms with Crippen LogP contribution in [0, 0.1) is 6.92 Å². The molecule has 0 saturated carbocycles. The molecule has 5 N–H and O–H groups in total. The quantitative estimate of drug-likeness (QED) is 0.185. The Balaban J connectivity index is 1.51. The molecule has 1 aromatic carbocycles. The first-order chi connectivity index (χ1) is 17.9. The first kappa shape index (κ1) is 27.0. The lowest BCUT2D eigenvalue weighted by molar-refractivity contribution is 0.00400. The van der Waals surface area contributed by atoms with E-state index >= 15 is 0 Å². The number of carbonyl (C=O) groups excluding carboxylic acids is 1. The summed E-state index contributed by atoms with van der Waals surface area (Å²) < 4.78 is 7.08. The molecule has 1 aliphatic heterocycles. The van der Waals surface area contributed by atoms with E-state index in [-0.39, 0.29) is 18.3 Å². The van der Waals surface area contributed by atoms with Crippen LogP contribution in [0.25, 0.3) is 5.82 Å². The first-order valence-electron chi connectivity index (χ1n) is 12.3. The summed E-state index contributed by atoms with van der Waals surface area (Å²) in [7, 11) is 1.84. The maximum absolute atomic E-state index is 13.2. The van der Waals surface area contributed by atoms with E-state index in [1.807, 2.05) is 14.0 Å². The standard InChI is InChI=1S/C25H33ClN8O3/c1-17-13-29-24(31-20-6-10-37-11-7-20)32-22(17)34-14-21(30-16-34)23(35)33-25(36,15-28-9-8-27-2)18-4-3-5-19(26)12-18/h3-5,12-14,16,20,27-28,36H,6-11,15H2,1-2H3,(H,33,35)(H,29,31,32). The van der Waals surface area contributed by atoms with E-state index in [4.69, 9.17) is 16.3 Å². The Morgan fingerprint density at radius 3 is 2.84 bits per heavy atom. The highest BCUT2D eigenvalue weighted by Gasteiger charge is 2.32. The van der Waals surface area contributed by atoms with Crippen molar-refractivity contribution in [3.63, 3.8) is 0 Å². The molecule has 2 aromatic heterocycles. The van der Waals surface area contributed by atoms with Gasteiger partial charge in [-0.05, 0) is 38.9 Å². The van der Waals surface area contributed by atoms with Gasteiger partial charge in [-0.1, -0.05) is 23.7 Å². The molecule has 11 nitrogen and oxygen atoms in total. The number of benzene rings is 1. The van der Waals surface area contributed by atoms with Gasteiger partial charge in [0.05, 0.1) is 0 Å². The van der Waals surface area contributed by atoms with Gasteiger partial charge in [0.15, 0.2) is 5.72 Å². The van der Waals surface area contributed by atoms with Gasteiger partial charge in [-0.3, -0.25) is 9.36 Å². The highest BCUT2D eigenvalue weighted by atomic mass is 35.5. The Morgan fingerprint density at radius 2 is 2.08 bits per heavy atom. The Kier molecular flexibility index (Phi) is 9.06. The third kappa shape index (κ3) is 7.02. The van der Waals surface area contributed by atoms with Crippen LogP contribution in [0.3, 0.4) is 0 Å². The molecule has 0 spiro atoms. The van der Waals surface area contributed by atoms with Gasteiger partial charge in [0, 0.05) is 67.4 Å². The second-order valence-electron chi connectivity index (χ2n) is 9.00. The van der Waals surface area contributed by atoms with Crippen molar-refractivity contribution >= 4 is 23.5 Å². The predicted octanol–water partition coefficient (Wildman–Crippen LogP) is 1.60. The minimum atomic E-state index is -1.70. The highest BCUT2D eigenvalue weighted by Crippen LogP contribution is 2.22. The molecule has 0 aliphatic carbocycles. The second-order valence-corrected chi connectivity index (χ2v) is 9.44. The molecule has 0 bridgehead atoms. The molecule has 0 radical (unpaired) electrons. The van der Waals surface area contributed by atoms with Crippen LogP contribution in [-0.2, 0) is 10.5 Å². The van der Waals surface area contributed by atoms with Crippen LogP contribution < -0.4 is 21.3 Å².